The maximum Gasteiger partial charge on any atom is 0.0707 e. The molecule has 1 aliphatic heterocycles. The van der Waals surface area contributed by atoms with Crippen molar-refractivity contribution in [3.8, 4) is 0 Å². The van der Waals surface area contributed by atoms with Gasteiger partial charge in [-0.25, -0.2) is 0 Å². The maximum atomic E-state index is 3.75. The molecule has 1 N–H and O–H groups in total. The molecule has 1 aromatic carbocycles. The van der Waals surface area contributed by atoms with Gasteiger partial charge in [-0.3, -0.25) is 4.90 Å². The van der Waals surface area contributed by atoms with Gasteiger partial charge < -0.3 is 5.32 Å². The third-order valence-electron chi connectivity index (χ3n) is 3.96. The normalized spacial score (nSPS) is 18.4. The second-order valence-electron chi connectivity index (χ2n) is 5.59. The van der Waals surface area contributed by atoms with Gasteiger partial charge in [0.15, 0.2) is 0 Å². The fourth-order valence-corrected chi connectivity index (χ4v) is 4.50. The van der Waals surface area contributed by atoms with Crippen LogP contribution in [0.2, 0.25) is 0 Å². The van der Waals surface area contributed by atoms with Crippen LogP contribution in [0.3, 0.4) is 0 Å². The predicted molar refractivity (Wildman–Crippen MR) is 94.1 cm³/mol. The van der Waals surface area contributed by atoms with Crippen molar-refractivity contribution in [2.45, 2.75) is 19.4 Å². The number of halogens is 1. The van der Waals surface area contributed by atoms with Gasteiger partial charge in [0.05, 0.1) is 6.04 Å². The van der Waals surface area contributed by atoms with Gasteiger partial charge in [-0.15, -0.1) is 11.3 Å². The van der Waals surface area contributed by atoms with Crippen molar-refractivity contribution in [1.82, 2.24) is 10.2 Å². The van der Waals surface area contributed by atoms with Crippen molar-refractivity contribution < 1.29 is 0 Å². The Hall–Kier alpha value is -0.680. The summed E-state index contributed by atoms with van der Waals surface area (Å²) in [5, 5.41) is 5.76. The first-order valence-corrected chi connectivity index (χ1v) is 9.17. The van der Waals surface area contributed by atoms with Crippen molar-refractivity contribution in [3.05, 3.63) is 56.2 Å². The van der Waals surface area contributed by atoms with E-state index in [4.69, 9.17) is 0 Å². The van der Waals surface area contributed by atoms with E-state index in [1.54, 1.807) is 0 Å². The number of nitrogens with zero attached hydrogens (tertiary/aromatic N) is 1. The molecule has 0 aliphatic carbocycles. The zero-order valence-corrected chi connectivity index (χ0v) is 14.7. The summed E-state index contributed by atoms with van der Waals surface area (Å²) in [6.07, 6.45) is 1.21. The summed E-state index contributed by atoms with van der Waals surface area (Å²) in [6.45, 7) is 6.63. The van der Waals surface area contributed by atoms with Crippen molar-refractivity contribution in [2.24, 2.45) is 0 Å². The van der Waals surface area contributed by atoms with Crippen LogP contribution in [-0.4, -0.2) is 31.1 Å². The van der Waals surface area contributed by atoms with Crippen LogP contribution in [0.4, 0.5) is 0 Å². The van der Waals surface area contributed by atoms with Crippen molar-refractivity contribution >= 4 is 27.3 Å². The summed E-state index contributed by atoms with van der Waals surface area (Å²) >= 11 is 5.63. The fourth-order valence-electron chi connectivity index (χ4n) is 2.95. The summed E-state index contributed by atoms with van der Waals surface area (Å²) in [4.78, 5) is 4.06. The molecule has 3 rings (SSSR count). The van der Waals surface area contributed by atoms with Crippen molar-refractivity contribution in [3.63, 3.8) is 0 Å². The van der Waals surface area contributed by atoms with Crippen molar-refractivity contribution in [2.75, 3.05) is 26.2 Å². The Balaban J connectivity index is 2.00. The quantitative estimate of drug-likeness (QED) is 0.877. The molecule has 2 nitrogen and oxygen atoms in total. The topological polar surface area (TPSA) is 15.3 Å². The van der Waals surface area contributed by atoms with Gasteiger partial charge >= 0.3 is 0 Å². The van der Waals surface area contributed by atoms with Crippen LogP contribution >= 0.6 is 27.3 Å². The minimum atomic E-state index is 0.360. The Bertz CT molecular complexity index is 588. The molecule has 1 aromatic heterocycles. The van der Waals surface area contributed by atoms with E-state index in [1.807, 2.05) is 11.3 Å². The molecule has 1 atom stereocenters. The van der Waals surface area contributed by atoms with E-state index in [0.29, 0.717) is 6.04 Å². The molecule has 0 bridgehead atoms. The Morgan fingerprint density at radius 1 is 1.24 bits per heavy atom. The molecule has 0 spiro atoms. The Morgan fingerprint density at radius 2 is 2.10 bits per heavy atom. The predicted octanol–water partition coefficient (Wildman–Crippen LogP) is 4.20. The highest BCUT2D eigenvalue weighted by Gasteiger charge is 2.25. The molecule has 1 unspecified atom stereocenters. The number of aryl methyl sites for hydroxylation is 1. The lowest BCUT2D eigenvalue weighted by atomic mass is 10.0. The molecule has 112 valence electrons. The lowest BCUT2D eigenvalue weighted by Gasteiger charge is -2.30. The first-order chi connectivity index (χ1) is 10.3. The van der Waals surface area contributed by atoms with Crippen molar-refractivity contribution in [1.29, 1.82) is 0 Å². The highest BCUT2D eigenvalue weighted by Crippen LogP contribution is 2.36. The Labute approximate surface area is 139 Å². The summed E-state index contributed by atoms with van der Waals surface area (Å²) < 4.78 is 1.21. The molecule has 1 aliphatic rings. The van der Waals surface area contributed by atoms with E-state index in [9.17, 15) is 0 Å². The SMILES string of the molecule is Cc1csc(C(c2ccccc2Br)N2CCCNCC2)c1. The molecular formula is C17H21BrN2S. The van der Waals surface area contributed by atoms with Gasteiger partial charge in [-0.2, -0.15) is 0 Å². The van der Waals surface area contributed by atoms with Gasteiger partial charge in [0.25, 0.3) is 0 Å². The zero-order valence-electron chi connectivity index (χ0n) is 12.3. The fraction of sp³-hybridized carbons (Fsp3) is 0.412. The lowest BCUT2D eigenvalue weighted by Crippen LogP contribution is -2.32. The molecule has 0 radical (unpaired) electrons. The van der Waals surface area contributed by atoms with Crippen LogP contribution in [0.15, 0.2) is 40.2 Å². The average Bonchev–Trinajstić information content (AvgIpc) is 2.74. The molecule has 2 heterocycles. The van der Waals surface area contributed by atoms with Crippen LogP contribution in [0.25, 0.3) is 0 Å². The molecular weight excluding hydrogens is 344 g/mol. The van der Waals surface area contributed by atoms with E-state index in [2.05, 4.69) is 68.8 Å². The number of rotatable bonds is 3. The summed E-state index contributed by atoms with van der Waals surface area (Å²) in [6, 6.07) is 11.3. The van der Waals surface area contributed by atoms with Gasteiger partial charge in [0.1, 0.15) is 0 Å². The largest absolute Gasteiger partial charge is 0.315 e. The van der Waals surface area contributed by atoms with Crippen LogP contribution in [-0.2, 0) is 0 Å². The van der Waals surface area contributed by atoms with Gasteiger partial charge in [0.2, 0.25) is 0 Å². The lowest BCUT2D eigenvalue weighted by molar-refractivity contribution is 0.243. The maximum absolute atomic E-state index is 3.75. The number of hydrogen-bond donors (Lipinski definition) is 1. The van der Waals surface area contributed by atoms with Gasteiger partial charge in [-0.1, -0.05) is 34.1 Å². The van der Waals surface area contributed by atoms with E-state index in [0.717, 1.165) is 26.2 Å². The summed E-state index contributed by atoms with van der Waals surface area (Å²) in [5.74, 6) is 0. The third-order valence-corrected chi connectivity index (χ3v) is 5.79. The van der Waals surface area contributed by atoms with E-state index < -0.39 is 0 Å². The van der Waals surface area contributed by atoms with Gasteiger partial charge in [0, 0.05) is 29.0 Å². The van der Waals surface area contributed by atoms with Gasteiger partial charge in [-0.05, 0) is 48.5 Å². The van der Waals surface area contributed by atoms with E-state index in [-0.39, 0.29) is 0 Å². The summed E-state index contributed by atoms with van der Waals surface area (Å²) in [5.41, 5.74) is 2.74. The molecule has 1 fully saturated rings. The number of benzene rings is 1. The molecule has 1 saturated heterocycles. The molecule has 21 heavy (non-hydrogen) atoms. The van der Waals surface area contributed by atoms with Crippen LogP contribution in [0, 0.1) is 6.92 Å². The monoisotopic (exact) mass is 364 g/mol. The second kappa shape index (κ2) is 7.05. The van der Waals surface area contributed by atoms with E-state index in [1.165, 1.54) is 26.9 Å². The Morgan fingerprint density at radius 3 is 2.86 bits per heavy atom. The van der Waals surface area contributed by atoms with Crippen LogP contribution < -0.4 is 5.32 Å². The van der Waals surface area contributed by atoms with Crippen LogP contribution in [0.1, 0.15) is 28.5 Å². The molecule has 2 aromatic rings. The third kappa shape index (κ3) is 3.57. The average molecular weight is 365 g/mol. The first kappa shape index (κ1) is 15.2. The minimum Gasteiger partial charge on any atom is -0.315 e. The molecule has 4 heteroatoms. The standard InChI is InChI=1S/C17H21BrN2S/c1-13-11-16(21-12-13)17(14-5-2-3-6-15(14)18)20-9-4-7-19-8-10-20/h2-3,5-6,11-12,17,19H,4,7-10H2,1H3. The van der Waals surface area contributed by atoms with E-state index >= 15 is 0 Å². The molecule has 0 saturated carbocycles. The highest BCUT2D eigenvalue weighted by atomic mass is 79.9. The first-order valence-electron chi connectivity index (χ1n) is 7.50. The number of thiophene rings is 1. The number of hydrogen-bond acceptors (Lipinski definition) is 3. The molecule has 0 amide bonds. The highest BCUT2D eigenvalue weighted by molar-refractivity contribution is 9.10. The smallest absolute Gasteiger partial charge is 0.0707 e. The number of nitrogens with one attached hydrogen (secondary N) is 1. The minimum absolute atomic E-state index is 0.360. The Kier molecular flexibility index (Phi) is 5.11. The zero-order chi connectivity index (χ0) is 14.7. The van der Waals surface area contributed by atoms with Crippen LogP contribution in [0.5, 0.6) is 0 Å². The summed E-state index contributed by atoms with van der Waals surface area (Å²) in [7, 11) is 0. The second-order valence-corrected chi connectivity index (χ2v) is 7.39.